The van der Waals surface area contributed by atoms with Crippen LogP contribution in [0.2, 0.25) is 0 Å². The van der Waals surface area contributed by atoms with Crippen molar-refractivity contribution in [2.24, 2.45) is 0 Å². The van der Waals surface area contributed by atoms with Crippen LogP contribution in [0.25, 0.3) is 11.7 Å². The van der Waals surface area contributed by atoms with E-state index in [2.05, 4.69) is 10.2 Å². The fourth-order valence-corrected chi connectivity index (χ4v) is 5.07. The number of sulfone groups is 1. The van der Waals surface area contributed by atoms with E-state index in [0.29, 0.717) is 12.2 Å². The Kier molecular flexibility index (Phi) is 4.68. The lowest BCUT2D eigenvalue weighted by atomic mass is 10.2. The molecule has 0 unspecified atom stereocenters. The van der Waals surface area contributed by atoms with E-state index in [-0.39, 0.29) is 34.6 Å². The van der Waals surface area contributed by atoms with Crippen molar-refractivity contribution in [2.45, 2.75) is 29.9 Å². The average molecular weight is 371 g/mol. The number of hydrogen-bond acceptors (Lipinski definition) is 8. The highest BCUT2D eigenvalue weighted by atomic mass is 32.2. The largest absolute Gasteiger partial charge is 0.459 e. The summed E-state index contributed by atoms with van der Waals surface area (Å²) >= 11 is 1.13. The molecule has 0 aliphatic carbocycles. The molecule has 0 aromatic carbocycles. The van der Waals surface area contributed by atoms with Gasteiger partial charge in [0.2, 0.25) is 5.91 Å². The van der Waals surface area contributed by atoms with E-state index >= 15 is 0 Å². The van der Waals surface area contributed by atoms with Gasteiger partial charge in [0.25, 0.3) is 11.1 Å². The first-order valence-electron chi connectivity index (χ1n) is 7.37. The second-order valence-electron chi connectivity index (χ2n) is 5.62. The smallest absolute Gasteiger partial charge is 0.284 e. The molecule has 1 saturated heterocycles. The Bertz CT molecular complexity index is 815. The third-order valence-electron chi connectivity index (χ3n) is 3.87. The van der Waals surface area contributed by atoms with Crippen LogP contribution in [-0.4, -0.2) is 59.3 Å². The van der Waals surface area contributed by atoms with Crippen molar-refractivity contribution in [1.82, 2.24) is 15.1 Å². The minimum absolute atomic E-state index is 0.0236. The Morgan fingerprint density at radius 1 is 1.46 bits per heavy atom. The van der Waals surface area contributed by atoms with Gasteiger partial charge in [-0.15, -0.1) is 10.2 Å². The standard InChI is InChI=1S/C14H17N3O5S2/c1-9(13(18)17(2)10-5-7-24(19,20)8-10)23-14-16-15-12(22-14)11-4-3-6-21-11/h3-4,6,9-10H,5,7-8H2,1-2H3/t9-,10-/m0/s1. The summed E-state index contributed by atoms with van der Waals surface area (Å²) in [5.41, 5.74) is 0. The zero-order valence-corrected chi connectivity index (χ0v) is 14.8. The van der Waals surface area contributed by atoms with Crippen LogP contribution in [0.5, 0.6) is 0 Å². The first-order valence-corrected chi connectivity index (χ1v) is 10.1. The van der Waals surface area contributed by atoms with Gasteiger partial charge in [-0.05, 0) is 25.5 Å². The lowest BCUT2D eigenvalue weighted by Gasteiger charge is -2.25. The van der Waals surface area contributed by atoms with E-state index in [9.17, 15) is 13.2 Å². The fourth-order valence-electron chi connectivity index (χ4n) is 2.51. The summed E-state index contributed by atoms with van der Waals surface area (Å²) in [6.45, 7) is 1.73. The second kappa shape index (κ2) is 6.60. The number of aromatic nitrogens is 2. The Morgan fingerprint density at radius 2 is 2.25 bits per heavy atom. The summed E-state index contributed by atoms with van der Waals surface area (Å²) in [6, 6.07) is 3.14. The molecular weight excluding hydrogens is 354 g/mol. The van der Waals surface area contributed by atoms with Gasteiger partial charge in [0.05, 0.1) is 23.0 Å². The predicted molar refractivity (Wildman–Crippen MR) is 87.1 cm³/mol. The van der Waals surface area contributed by atoms with Gasteiger partial charge in [-0.25, -0.2) is 8.42 Å². The zero-order chi connectivity index (χ0) is 17.3. The molecule has 0 radical (unpaired) electrons. The number of rotatable bonds is 5. The van der Waals surface area contributed by atoms with Crippen LogP contribution in [0.3, 0.4) is 0 Å². The summed E-state index contributed by atoms with van der Waals surface area (Å²) in [4.78, 5) is 14.0. The van der Waals surface area contributed by atoms with E-state index in [4.69, 9.17) is 8.83 Å². The predicted octanol–water partition coefficient (Wildman–Crippen LogP) is 1.46. The van der Waals surface area contributed by atoms with Gasteiger partial charge in [0.15, 0.2) is 15.6 Å². The first kappa shape index (κ1) is 17.0. The SMILES string of the molecule is C[C@H](Sc1nnc(-c2ccco2)o1)C(=O)N(C)[C@H]1CCS(=O)(=O)C1. The molecule has 24 heavy (non-hydrogen) atoms. The minimum Gasteiger partial charge on any atom is -0.459 e. The maximum Gasteiger partial charge on any atom is 0.284 e. The number of carbonyl (C=O) groups is 1. The van der Waals surface area contributed by atoms with Crippen molar-refractivity contribution >= 4 is 27.5 Å². The molecular formula is C14H17N3O5S2. The molecule has 2 aromatic heterocycles. The molecule has 0 N–H and O–H groups in total. The van der Waals surface area contributed by atoms with Gasteiger partial charge in [-0.3, -0.25) is 4.79 Å². The molecule has 3 heterocycles. The molecule has 3 rings (SSSR count). The molecule has 1 aliphatic heterocycles. The van der Waals surface area contributed by atoms with Crippen molar-refractivity contribution in [3.05, 3.63) is 18.4 Å². The average Bonchev–Trinajstić information content (AvgIpc) is 3.25. The molecule has 0 saturated carbocycles. The molecule has 2 atom stereocenters. The van der Waals surface area contributed by atoms with Crippen molar-refractivity contribution in [3.63, 3.8) is 0 Å². The Labute approximate surface area is 143 Å². The maximum atomic E-state index is 12.5. The van der Waals surface area contributed by atoms with Crippen LogP contribution >= 0.6 is 11.8 Å². The van der Waals surface area contributed by atoms with E-state index in [1.165, 1.54) is 11.2 Å². The molecule has 130 valence electrons. The lowest BCUT2D eigenvalue weighted by molar-refractivity contribution is -0.130. The maximum absolute atomic E-state index is 12.5. The van der Waals surface area contributed by atoms with Crippen molar-refractivity contribution in [3.8, 4) is 11.7 Å². The third-order valence-corrected chi connectivity index (χ3v) is 6.54. The summed E-state index contributed by atoms with van der Waals surface area (Å²) in [5, 5.41) is 7.56. The van der Waals surface area contributed by atoms with Crippen LogP contribution in [0.4, 0.5) is 0 Å². The fraction of sp³-hybridized carbons (Fsp3) is 0.500. The topological polar surface area (TPSA) is 107 Å². The summed E-state index contributed by atoms with van der Waals surface area (Å²) in [6.07, 6.45) is 1.98. The van der Waals surface area contributed by atoms with Gasteiger partial charge in [0.1, 0.15) is 0 Å². The summed E-state index contributed by atoms with van der Waals surface area (Å²) < 4.78 is 33.8. The van der Waals surface area contributed by atoms with E-state index in [0.717, 1.165) is 11.8 Å². The van der Waals surface area contributed by atoms with Crippen LogP contribution in [0.1, 0.15) is 13.3 Å². The van der Waals surface area contributed by atoms with Gasteiger partial charge in [-0.2, -0.15) is 0 Å². The normalized spacial score (nSPS) is 20.8. The van der Waals surface area contributed by atoms with E-state index < -0.39 is 15.1 Å². The minimum atomic E-state index is -3.03. The first-order chi connectivity index (χ1) is 11.4. The molecule has 1 amide bonds. The van der Waals surface area contributed by atoms with Crippen LogP contribution in [-0.2, 0) is 14.6 Å². The van der Waals surface area contributed by atoms with Gasteiger partial charge < -0.3 is 13.7 Å². The second-order valence-corrected chi connectivity index (χ2v) is 9.14. The van der Waals surface area contributed by atoms with Gasteiger partial charge >= 0.3 is 0 Å². The van der Waals surface area contributed by atoms with Crippen LogP contribution in [0.15, 0.2) is 32.5 Å². The number of hydrogen-bond donors (Lipinski definition) is 0. The summed E-state index contributed by atoms with van der Waals surface area (Å²) in [5.74, 6) is 0.696. The highest BCUT2D eigenvalue weighted by Gasteiger charge is 2.34. The zero-order valence-electron chi connectivity index (χ0n) is 13.2. The molecule has 10 heteroatoms. The van der Waals surface area contributed by atoms with Crippen LogP contribution < -0.4 is 0 Å². The number of amides is 1. The Morgan fingerprint density at radius 3 is 2.88 bits per heavy atom. The number of carbonyl (C=O) groups excluding carboxylic acids is 1. The van der Waals surface area contributed by atoms with E-state index in [1.54, 1.807) is 26.1 Å². The van der Waals surface area contributed by atoms with Crippen molar-refractivity contribution < 1.29 is 22.0 Å². The quantitative estimate of drug-likeness (QED) is 0.727. The van der Waals surface area contributed by atoms with Crippen LogP contribution in [0, 0.1) is 0 Å². The highest BCUT2D eigenvalue weighted by molar-refractivity contribution is 8.00. The molecule has 2 aromatic rings. The number of thioether (sulfide) groups is 1. The monoisotopic (exact) mass is 371 g/mol. The van der Waals surface area contributed by atoms with Gasteiger partial charge in [-0.1, -0.05) is 11.8 Å². The highest BCUT2D eigenvalue weighted by Crippen LogP contribution is 2.28. The molecule has 1 fully saturated rings. The van der Waals surface area contributed by atoms with Gasteiger partial charge in [0, 0.05) is 13.1 Å². The lowest BCUT2D eigenvalue weighted by Crippen LogP contribution is -2.41. The third kappa shape index (κ3) is 3.64. The van der Waals surface area contributed by atoms with E-state index in [1.807, 2.05) is 0 Å². The molecule has 0 bridgehead atoms. The number of nitrogens with zero attached hydrogens (tertiary/aromatic N) is 3. The molecule has 1 aliphatic rings. The molecule has 8 nitrogen and oxygen atoms in total. The van der Waals surface area contributed by atoms with Crippen molar-refractivity contribution in [1.29, 1.82) is 0 Å². The Hall–Kier alpha value is -1.81. The summed E-state index contributed by atoms with van der Waals surface area (Å²) in [7, 11) is -1.40. The number of furan rings is 1. The Balaban J connectivity index is 1.62. The molecule has 0 spiro atoms. The van der Waals surface area contributed by atoms with Crippen molar-refractivity contribution in [2.75, 3.05) is 18.6 Å².